The fourth-order valence-corrected chi connectivity index (χ4v) is 14.1. The molecular weight excluding hydrogens is 770 g/mol. The summed E-state index contributed by atoms with van der Waals surface area (Å²) in [6.45, 7) is 7.93. The molecule has 12 nitrogen and oxygen atoms in total. The quantitative estimate of drug-likeness (QED) is 0.179. The number of ether oxygens (including phenoxy) is 3. The highest BCUT2D eigenvalue weighted by Crippen LogP contribution is 2.69. The summed E-state index contributed by atoms with van der Waals surface area (Å²) < 4.78 is 18.9. The number of hydrogen-bond donors (Lipinski definition) is 2. The number of imide groups is 1. The summed E-state index contributed by atoms with van der Waals surface area (Å²) in [6.07, 6.45) is 7.89. The first-order valence-corrected chi connectivity index (χ1v) is 22.0. The Kier molecular flexibility index (Phi) is 8.90. The molecule has 9 atom stereocenters. The zero-order valence-corrected chi connectivity index (χ0v) is 35.6. The summed E-state index contributed by atoms with van der Waals surface area (Å²) in [5, 5.41) is 13.1. The maximum absolute atomic E-state index is 15.4. The number of amides is 2. The van der Waals surface area contributed by atoms with Crippen LogP contribution in [0.4, 0.5) is 10.5 Å². The number of nitrogens with one attached hydrogen (secondary N) is 1. The summed E-state index contributed by atoms with van der Waals surface area (Å²) in [7, 11) is 5.13. The Bertz CT molecular complexity index is 2300. The molecule has 7 aliphatic rings. The zero-order valence-electron chi connectivity index (χ0n) is 34.8. The van der Waals surface area contributed by atoms with Crippen molar-refractivity contribution in [1.82, 2.24) is 19.7 Å². The third kappa shape index (κ3) is 5.03. The number of aliphatic hydroxyl groups is 1. The number of anilines is 1. The number of likely N-dealkylation sites (N-methyl/N-ethyl adjacent to an activating group) is 1. The number of rotatable bonds is 7. The fourth-order valence-electron chi connectivity index (χ4n) is 13.9. The van der Waals surface area contributed by atoms with Crippen LogP contribution in [0, 0.1) is 11.3 Å². The van der Waals surface area contributed by atoms with Gasteiger partial charge in [-0.25, -0.2) is 9.69 Å². The Morgan fingerprint density at radius 1 is 1.07 bits per heavy atom. The van der Waals surface area contributed by atoms with Gasteiger partial charge < -0.3 is 29.2 Å². The number of aromatic nitrogens is 1. The van der Waals surface area contributed by atoms with Crippen LogP contribution in [0.1, 0.15) is 74.8 Å². The van der Waals surface area contributed by atoms with Gasteiger partial charge in [-0.1, -0.05) is 44.2 Å². The van der Waals surface area contributed by atoms with Crippen molar-refractivity contribution < 1.29 is 33.7 Å². The molecule has 6 aliphatic heterocycles. The van der Waals surface area contributed by atoms with Crippen molar-refractivity contribution in [3.63, 3.8) is 0 Å². The predicted molar refractivity (Wildman–Crippen MR) is 224 cm³/mol. The molecule has 0 radical (unpaired) electrons. The van der Waals surface area contributed by atoms with E-state index in [1.165, 1.54) is 12.0 Å². The third-order valence-corrected chi connectivity index (χ3v) is 16.2. The second-order valence-electron chi connectivity index (χ2n) is 18.6. The van der Waals surface area contributed by atoms with Crippen molar-refractivity contribution in [2.45, 2.75) is 92.9 Å². The minimum Gasteiger partial charge on any atom is -0.496 e. The van der Waals surface area contributed by atoms with E-state index in [1.807, 2.05) is 32.2 Å². The average Bonchev–Trinajstić information content (AvgIpc) is 3.95. The maximum atomic E-state index is 15.4. The van der Waals surface area contributed by atoms with Crippen molar-refractivity contribution in [3.05, 3.63) is 70.9 Å². The monoisotopic (exact) mass is 825 g/mol. The first-order valence-electron chi connectivity index (χ1n) is 21.5. The molecule has 1 aromatic heterocycles. The standard InChI is InChI=1S/C46H56ClN5O7/c1-6-42-14-10-17-51-19-15-44(37(42)51)31-21-32(35(57-4)22-34(31)49(3)38(44)46(26-42)39(53)52(20-16-47)41(55)59-46)45(40(54)58-5)24-28-23-43(56,7-2)27-50(25-28)18-13-30-29-11-8-9-12-33(29)48-36(30)45/h8-12,14,21-22,28,37-38,48,56H,6-7,13,15-20,23-27H2,1-5H3. The number of esters is 1. The molecule has 2 bridgehead atoms. The van der Waals surface area contributed by atoms with Crippen LogP contribution in [0.3, 0.4) is 0 Å². The average molecular weight is 826 g/mol. The van der Waals surface area contributed by atoms with E-state index in [1.54, 1.807) is 7.11 Å². The highest BCUT2D eigenvalue weighted by Gasteiger charge is 2.79. The van der Waals surface area contributed by atoms with Crippen LogP contribution in [-0.2, 0) is 36.3 Å². The van der Waals surface area contributed by atoms with E-state index < -0.39 is 45.6 Å². The zero-order chi connectivity index (χ0) is 41.3. The second kappa shape index (κ2) is 13.4. The van der Waals surface area contributed by atoms with Gasteiger partial charge in [0.05, 0.1) is 25.9 Å². The largest absolute Gasteiger partial charge is 0.496 e. The van der Waals surface area contributed by atoms with Crippen LogP contribution in [0.25, 0.3) is 10.9 Å². The third-order valence-electron chi connectivity index (χ3n) is 16.0. The van der Waals surface area contributed by atoms with Crippen LogP contribution in [0.5, 0.6) is 5.75 Å². The Labute approximate surface area is 350 Å². The molecule has 2 amide bonds. The van der Waals surface area contributed by atoms with Gasteiger partial charge in [0.2, 0.25) is 5.60 Å². The van der Waals surface area contributed by atoms with Gasteiger partial charge in [0, 0.05) is 103 Å². The topological polar surface area (TPSA) is 128 Å². The molecule has 3 saturated heterocycles. The van der Waals surface area contributed by atoms with Gasteiger partial charge in [-0.05, 0) is 74.2 Å². The van der Waals surface area contributed by atoms with Crippen LogP contribution in [0.2, 0.25) is 0 Å². The van der Waals surface area contributed by atoms with Crippen LogP contribution in [0.15, 0.2) is 48.6 Å². The lowest BCUT2D eigenvalue weighted by Crippen LogP contribution is -2.74. The molecule has 2 spiro atoms. The number of fused-ring (bicyclic) bond motifs is 7. The Morgan fingerprint density at radius 2 is 1.88 bits per heavy atom. The summed E-state index contributed by atoms with van der Waals surface area (Å²) in [5.41, 5.74) is 0.507. The molecule has 4 fully saturated rings. The fraction of sp³-hybridized carbons (Fsp3) is 0.587. The number of benzene rings is 2. The maximum Gasteiger partial charge on any atom is 0.417 e. The lowest BCUT2D eigenvalue weighted by molar-refractivity contribution is -0.152. The number of para-hydroxylation sites is 1. The predicted octanol–water partition coefficient (Wildman–Crippen LogP) is 5.50. The van der Waals surface area contributed by atoms with E-state index in [4.69, 9.17) is 25.8 Å². The molecule has 13 heteroatoms. The van der Waals surface area contributed by atoms with E-state index in [0.29, 0.717) is 50.0 Å². The number of methoxy groups -OCH3 is 2. The van der Waals surface area contributed by atoms with E-state index in [9.17, 15) is 14.7 Å². The number of piperidine rings is 1. The molecule has 1 saturated carbocycles. The smallest absolute Gasteiger partial charge is 0.417 e. The summed E-state index contributed by atoms with van der Waals surface area (Å²) in [5.74, 6) is -0.143. The number of halogens is 1. The van der Waals surface area contributed by atoms with Gasteiger partial charge in [0.25, 0.3) is 5.91 Å². The number of nitrogens with zero attached hydrogens (tertiary/aromatic N) is 4. The van der Waals surface area contributed by atoms with Gasteiger partial charge >= 0.3 is 12.1 Å². The van der Waals surface area contributed by atoms with Gasteiger partial charge in [-0.2, -0.15) is 0 Å². The van der Waals surface area contributed by atoms with E-state index in [0.717, 1.165) is 72.4 Å². The molecule has 3 aromatic rings. The molecular formula is C46H56ClN5O7. The molecule has 59 heavy (non-hydrogen) atoms. The molecule has 7 heterocycles. The minimum absolute atomic E-state index is 0.0103. The Morgan fingerprint density at radius 3 is 2.63 bits per heavy atom. The summed E-state index contributed by atoms with van der Waals surface area (Å²) in [6, 6.07) is 11.9. The lowest BCUT2D eigenvalue weighted by Gasteiger charge is -2.60. The number of alkyl halides is 1. The van der Waals surface area contributed by atoms with E-state index >= 15 is 4.79 Å². The number of carbonyl (C=O) groups excluding carboxylic acids is 3. The molecule has 2 aromatic carbocycles. The van der Waals surface area contributed by atoms with Gasteiger partial charge in [-0.15, -0.1) is 11.6 Å². The number of carbonyl (C=O) groups is 3. The lowest BCUT2D eigenvalue weighted by atomic mass is 9.49. The number of aromatic amines is 1. The van der Waals surface area contributed by atoms with Gasteiger partial charge in [-0.3, -0.25) is 19.4 Å². The normalized spacial score (nSPS) is 37.1. The SMILES string of the molecule is CCC1(O)CC2CN(CCc3c([nH]c4ccccc34)C(C(=O)OC)(c3cc4c(cc3OC)N(C)C3C5(CC6(CC)C=CCN7CCC43C76)OC(=O)N(CCCl)C5=O)C2)C1. The van der Waals surface area contributed by atoms with Crippen molar-refractivity contribution >= 4 is 46.2 Å². The van der Waals surface area contributed by atoms with Crippen molar-refractivity contribution in [2.24, 2.45) is 11.3 Å². The van der Waals surface area contributed by atoms with Crippen LogP contribution >= 0.6 is 11.6 Å². The van der Waals surface area contributed by atoms with E-state index in [2.05, 4.69) is 57.0 Å². The molecule has 1 aliphatic carbocycles. The molecule has 10 rings (SSSR count). The van der Waals surface area contributed by atoms with Gasteiger partial charge in [0.1, 0.15) is 11.2 Å². The highest BCUT2D eigenvalue weighted by molar-refractivity contribution is 6.18. The van der Waals surface area contributed by atoms with Crippen molar-refractivity contribution in [1.29, 1.82) is 0 Å². The highest BCUT2D eigenvalue weighted by atomic mass is 35.5. The van der Waals surface area contributed by atoms with Crippen LogP contribution in [-0.4, -0.2) is 132 Å². The van der Waals surface area contributed by atoms with Crippen molar-refractivity contribution in [3.8, 4) is 5.75 Å². The molecule has 9 unspecified atom stereocenters. The Hall–Kier alpha value is -4.10. The molecule has 2 N–H and O–H groups in total. The first kappa shape index (κ1) is 39.1. The summed E-state index contributed by atoms with van der Waals surface area (Å²) >= 11 is 6.20. The second-order valence-corrected chi connectivity index (χ2v) is 19.0. The van der Waals surface area contributed by atoms with E-state index in [-0.39, 0.29) is 30.3 Å². The van der Waals surface area contributed by atoms with Crippen molar-refractivity contribution in [2.75, 3.05) is 71.3 Å². The number of H-pyrrole nitrogens is 1. The minimum atomic E-state index is -1.48. The van der Waals surface area contributed by atoms with Crippen LogP contribution < -0.4 is 9.64 Å². The Balaban J connectivity index is 1.26. The number of hydrogen-bond acceptors (Lipinski definition) is 10. The molecule has 314 valence electrons. The first-order chi connectivity index (χ1) is 28.4. The summed E-state index contributed by atoms with van der Waals surface area (Å²) in [4.78, 5) is 56.2. The van der Waals surface area contributed by atoms with Gasteiger partial charge in [0.15, 0.2) is 0 Å².